The van der Waals surface area contributed by atoms with Crippen LogP contribution in [-0.2, 0) is 4.79 Å². The molecule has 0 aromatic carbocycles. The predicted molar refractivity (Wildman–Crippen MR) is 98.4 cm³/mol. The second kappa shape index (κ2) is 8.88. The van der Waals surface area contributed by atoms with Gasteiger partial charge >= 0.3 is 6.03 Å². The number of rotatable bonds is 3. The Labute approximate surface area is 151 Å². The van der Waals surface area contributed by atoms with Gasteiger partial charge in [-0.05, 0) is 64.5 Å². The molecule has 6 nitrogen and oxygen atoms in total. The highest BCUT2D eigenvalue weighted by atomic mass is 16.2. The molecule has 0 radical (unpaired) electrons. The fraction of sp³-hybridized carbons (Fsp3) is 0.895. The molecule has 1 aliphatic carbocycles. The van der Waals surface area contributed by atoms with Crippen LogP contribution in [0.5, 0.6) is 0 Å². The third-order valence-corrected chi connectivity index (χ3v) is 6.33. The van der Waals surface area contributed by atoms with Crippen molar-refractivity contribution in [2.75, 3.05) is 33.2 Å². The average Bonchev–Trinajstić information content (AvgIpc) is 2.68. The lowest BCUT2D eigenvalue weighted by Gasteiger charge is -2.40. The van der Waals surface area contributed by atoms with E-state index >= 15 is 0 Å². The van der Waals surface area contributed by atoms with Gasteiger partial charge in [-0.25, -0.2) is 4.79 Å². The van der Waals surface area contributed by atoms with E-state index < -0.39 is 0 Å². The van der Waals surface area contributed by atoms with Crippen LogP contribution in [0.25, 0.3) is 0 Å². The van der Waals surface area contributed by atoms with Gasteiger partial charge in [0.2, 0.25) is 5.91 Å². The molecule has 0 unspecified atom stereocenters. The highest BCUT2D eigenvalue weighted by molar-refractivity contribution is 5.78. The van der Waals surface area contributed by atoms with E-state index in [1.54, 1.807) is 7.05 Å². The van der Waals surface area contributed by atoms with Gasteiger partial charge in [0.25, 0.3) is 0 Å². The highest BCUT2D eigenvalue weighted by Gasteiger charge is 2.30. The first kappa shape index (κ1) is 18.5. The van der Waals surface area contributed by atoms with Crippen molar-refractivity contribution < 1.29 is 9.59 Å². The second-order valence-electron chi connectivity index (χ2n) is 7.93. The number of carbonyl (C=O) groups is 2. The molecule has 3 rings (SSSR count). The molecule has 2 N–H and O–H groups in total. The van der Waals surface area contributed by atoms with Crippen molar-refractivity contribution in [3.8, 4) is 0 Å². The summed E-state index contributed by atoms with van der Waals surface area (Å²) in [4.78, 5) is 28.9. The number of amides is 3. The van der Waals surface area contributed by atoms with Gasteiger partial charge in [-0.2, -0.15) is 0 Å². The van der Waals surface area contributed by atoms with E-state index in [9.17, 15) is 9.59 Å². The lowest BCUT2D eigenvalue weighted by Crippen LogP contribution is -2.52. The number of hydrogen-bond donors (Lipinski definition) is 2. The van der Waals surface area contributed by atoms with Crippen LogP contribution < -0.4 is 10.6 Å². The smallest absolute Gasteiger partial charge is 0.317 e. The predicted octanol–water partition coefficient (Wildman–Crippen LogP) is 1.95. The molecule has 2 saturated heterocycles. The number of carbonyl (C=O) groups excluding carboxylic acids is 2. The first-order valence-electron chi connectivity index (χ1n) is 10.2. The minimum Gasteiger partial charge on any atom is -0.359 e. The zero-order chi connectivity index (χ0) is 17.6. The SMILES string of the molecule is CNC(=O)C1CCC(NC(=O)N2CCC(N3CCCCC3)CC2)CC1. The van der Waals surface area contributed by atoms with Crippen LogP contribution in [0.2, 0.25) is 0 Å². The maximum atomic E-state index is 12.5. The number of likely N-dealkylation sites (tertiary alicyclic amines) is 2. The molecule has 142 valence electrons. The Morgan fingerprint density at radius 2 is 1.48 bits per heavy atom. The lowest BCUT2D eigenvalue weighted by atomic mass is 9.85. The van der Waals surface area contributed by atoms with Crippen molar-refractivity contribution >= 4 is 11.9 Å². The van der Waals surface area contributed by atoms with E-state index in [1.165, 1.54) is 32.4 Å². The van der Waals surface area contributed by atoms with Gasteiger partial charge in [0.05, 0.1) is 0 Å². The van der Waals surface area contributed by atoms with E-state index in [1.807, 2.05) is 4.90 Å². The number of piperidine rings is 2. The third-order valence-electron chi connectivity index (χ3n) is 6.33. The van der Waals surface area contributed by atoms with Crippen molar-refractivity contribution in [3.05, 3.63) is 0 Å². The quantitative estimate of drug-likeness (QED) is 0.818. The van der Waals surface area contributed by atoms with Gasteiger partial charge in [-0.3, -0.25) is 4.79 Å². The van der Waals surface area contributed by atoms with E-state index in [4.69, 9.17) is 0 Å². The molecule has 3 aliphatic rings. The Hall–Kier alpha value is -1.30. The normalized spacial score (nSPS) is 29.2. The molecule has 3 fully saturated rings. The van der Waals surface area contributed by atoms with Crippen LogP contribution in [-0.4, -0.2) is 67.0 Å². The molecule has 0 atom stereocenters. The third kappa shape index (κ3) is 4.87. The fourth-order valence-corrected chi connectivity index (χ4v) is 4.69. The molecule has 3 amide bonds. The molecule has 2 aliphatic heterocycles. The summed E-state index contributed by atoms with van der Waals surface area (Å²) in [6.45, 7) is 4.23. The van der Waals surface area contributed by atoms with Crippen molar-refractivity contribution in [2.24, 2.45) is 5.92 Å². The van der Waals surface area contributed by atoms with Crippen LogP contribution in [0.1, 0.15) is 57.8 Å². The first-order chi connectivity index (χ1) is 12.2. The summed E-state index contributed by atoms with van der Waals surface area (Å²) in [5.74, 6) is 0.267. The Morgan fingerprint density at radius 1 is 0.840 bits per heavy atom. The largest absolute Gasteiger partial charge is 0.359 e. The van der Waals surface area contributed by atoms with Crippen molar-refractivity contribution in [1.29, 1.82) is 0 Å². The van der Waals surface area contributed by atoms with E-state index in [0.717, 1.165) is 51.6 Å². The minimum absolute atomic E-state index is 0.0977. The van der Waals surface area contributed by atoms with E-state index in [2.05, 4.69) is 15.5 Å². The van der Waals surface area contributed by atoms with Crippen molar-refractivity contribution in [2.45, 2.75) is 69.9 Å². The number of nitrogens with zero attached hydrogens (tertiary/aromatic N) is 2. The van der Waals surface area contributed by atoms with Gasteiger partial charge in [-0.15, -0.1) is 0 Å². The molecule has 0 spiro atoms. The summed E-state index contributed by atoms with van der Waals surface area (Å²) in [5.41, 5.74) is 0. The van der Waals surface area contributed by atoms with Gasteiger partial charge in [0, 0.05) is 38.1 Å². The summed E-state index contributed by atoms with van der Waals surface area (Å²) >= 11 is 0. The Balaban J connectivity index is 1.37. The average molecular weight is 351 g/mol. The topological polar surface area (TPSA) is 64.7 Å². The lowest BCUT2D eigenvalue weighted by molar-refractivity contribution is -0.125. The Kier molecular flexibility index (Phi) is 6.57. The van der Waals surface area contributed by atoms with E-state index in [0.29, 0.717) is 6.04 Å². The van der Waals surface area contributed by atoms with Gasteiger partial charge < -0.3 is 20.4 Å². The molecular weight excluding hydrogens is 316 g/mol. The summed E-state index contributed by atoms with van der Waals surface area (Å²) in [6, 6.07) is 1.00. The highest BCUT2D eigenvalue weighted by Crippen LogP contribution is 2.25. The summed E-state index contributed by atoms with van der Waals surface area (Å²) in [6.07, 6.45) is 9.83. The van der Waals surface area contributed by atoms with Crippen molar-refractivity contribution in [3.63, 3.8) is 0 Å². The summed E-state index contributed by atoms with van der Waals surface area (Å²) in [7, 11) is 1.70. The molecule has 2 heterocycles. The zero-order valence-electron chi connectivity index (χ0n) is 15.6. The molecule has 0 bridgehead atoms. The van der Waals surface area contributed by atoms with Gasteiger partial charge in [-0.1, -0.05) is 6.42 Å². The van der Waals surface area contributed by atoms with E-state index in [-0.39, 0.29) is 23.9 Å². The van der Waals surface area contributed by atoms with Crippen LogP contribution in [0.15, 0.2) is 0 Å². The molecular formula is C19H34N4O2. The maximum absolute atomic E-state index is 12.5. The second-order valence-corrected chi connectivity index (χ2v) is 7.93. The Morgan fingerprint density at radius 3 is 2.08 bits per heavy atom. The molecule has 1 saturated carbocycles. The molecule has 25 heavy (non-hydrogen) atoms. The summed E-state index contributed by atoms with van der Waals surface area (Å²) < 4.78 is 0. The molecule has 6 heteroatoms. The standard InChI is InChI=1S/C19H34N4O2/c1-20-18(24)15-5-7-16(8-6-15)21-19(25)23-13-9-17(10-14-23)22-11-3-2-4-12-22/h15-17H,2-14H2,1H3,(H,20,24)(H,21,25). The molecule has 0 aromatic heterocycles. The maximum Gasteiger partial charge on any atom is 0.317 e. The van der Waals surface area contributed by atoms with Gasteiger partial charge in [0.15, 0.2) is 0 Å². The Bertz CT molecular complexity index is 448. The zero-order valence-corrected chi connectivity index (χ0v) is 15.6. The number of urea groups is 1. The number of nitrogens with one attached hydrogen (secondary N) is 2. The van der Waals surface area contributed by atoms with Gasteiger partial charge in [0.1, 0.15) is 0 Å². The van der Waals surface area contributed by atoms with Crippen LogP contribution in [0.4, 0.5) is 4.79 Å². The monoisotopic (exact) mass is 350 g/mol. The summed E-state index contributed by atoms with van der Waals surface area (Å²) in [5, 5.41) is 5.94. The minimum atomic E-state index is 0.0977. The van der Waals surface area contributed by atoms with Crippen LogP contribution >= 0.6 is 0 Å². The molecule has 0 aromatic rings. The fourth-order valence-electron chi connectivity index (χ4n) is 4.69. The van der Waals surface area contributed by atoms with Crippen LogP contribution in [0, 0.1) is 5.92 Å². The first-order valence-corrected chi connectivity index (χ1v) is 10.2. The number of hydrogen-bond acceptors (Lipinski definition) is 3. The van der Waals surface area contributed by atoms with Crippen molar-refractivity contribution in [1.82, 2.24) is 20.4 Å². The van der Waals surface area contributed by atoms with Crippen LogP contribution in [0.3, 0.4) is 0 Å².